The Bertz CT molecular complexity index is 534. The predicted molar refractivity (Wildman–Crippen MR) is 86.7 cm³/mol. The summed E-state index contributed by atoms with van der Waals surface area (Å²) in [4.78, 5) is 23.3. The van der Waals surface area contributed by atoms with Crippen LogP contribution in [0.3, 0.4) is 0 Å². The Morgan fingerprint density at radius 1 is 1.24 bits per heavy atom. The van der Waals surface area contributed by atoms with Crippen LogP contribution in [-0.4, -0.2) is 17.9 Å². The highest BCUT2D eigenvalue weighted by atomic mass is 35.5. The van der Waals surface area contributed by atoms with Crippen LogP contribution >= 0.6 is 12.4 Å². The van der Waals surface area contributed by atoms with Gasteiger partial charge in [0.1, 0.15) is 0 Å². The lowest BCUT2D eigenvalue weighted by Gasteiger charge is -2.17. The third-order valence-electron chi connectivity index (χ3n) is 3.72. The van der Waals surface area contributed by atoms with E-state index in [0.717, 1.165) is 30.5 Å². The molecule has 21 heavy (non-hydrogen) atoms. The molecule has 0 radical (unpaired) electrons. The summed E-state index contributed by atoms with van der Waals surface area (Å²) < 4.78 is 0. The zero-order chi connectivity index (χ0) is 14.7. The van der Waals surface area contributed by atoms with E-state index < -0.39 is 0 Å². The second-order valence-corrected chi connectivity index (χ2v) is 5.40. The van der Waals surface area contributed by atoms with E-state index in [2.05, 4.69) is 10.6 Å². The molecule has 1 aliphatic rings. The topological polar surface area (TPSA) is 84.2 Å². The molecule has 1 aromatic carbocycles. The summed E-state index contributed by atoms with van der Waals surface area (Å²) in [5, 5.41) is 5.63. The first-order valence-corrected chi connectivity index (χ1v) is 6.92. The smallest absolute Gasteiger partial charge is 0.229 e. The second-order valence-electron chi connectivity index (χ2n) is 5.40. The van der Waals surface area contributed by atoms with Crippen molar-refractivity contribution >= 4 is 35.6 Å². The summed E-state index contributed by atoms with van der Waals surface area (Å²) in [5.74, 6) is -0.277. The molecule has 0 aromatic heterocycles. The Hall–Kier alpha value is -1.59. The van der Waals surface area contributed by atoms with Crippen molar-refractivity contribution < 1.29 is 9.59 Å². The van der Waals surface area contributed by atoms with Crippen molar-refractivity contribution in [2.75, 3.05) is 10.6 Å². The van der Waals surface area contributed by atoms with Crippen LogP contribution in [0.4, 0.5) is 11.4 Å². The van der Waals surface area contributed by atoms with E-state index in [1.54, 1.807) is 6.07 Å². The fraction of sp³-hybridized carbons (Fsp3) is 0.467. The van der Waals surface area contributed by atoms with Crippen molar-refractivity contribution in [2.24, 2.45) is 11.7 Å². The zero-order valence-corrected chi connectivity index (χ0v) is 13.1. The molecular weight excluding hydrogens is 290 g/mol. The lowest BCUT2D eigenvalue weighted by Crippen LogP contribution is -2.34. The van der Waals surface area contributed by atoms with E-state index >= 15 is 0 Å². The SMILES string of the molecule is CC(=O)Nc1ccc(C)c(NC(=O)C2CCCC2N)c1.Cl. The van der Waals surface area contributed by atoms with Crippen molar-refractivity contribution in [3.63, 3.8) is 0 Å². The van der Waals surface area contributed by atoms with E-state index in [4.69, 9.17) is 5.73 Å². The van der Waals surface area contributed by atoms with Gasteiger partial charge < -0.3 is 16.4 Å². The number of carbonyl (C=O) groups excluding carboxylic acids is 2. The number of benzene rings is 1. The van der Waals surface area contributed by atoms with Gasteiger partial charge in [-0.25, -0.2) is 0 Å². The van der Waals surface area contributed by atoms with Crippen LogP contribution in [0.5, 0.6) is 0 Å². The predicted octanol–water partition coefficient (Wildman–Crippen LogP) is 2.44. The number of rotatable bonds is 3. The van der Waals surface area contributed by atoms with Crippen molar-refractivity contribution in [1.82, 2.24) is 0 Å². The van der Waals surface area contributed by atoms with Crippen LogP contribution in [0, 0.1) is 12.8 Å². The molecule has 0 spiro atoms. The van der Waals surface area contributed by atoms with E-state index in [-0.39, 0.29) is 36.2 Å². The number of anilines is 2. The lowest BCUT2D eigenvalue weighted by atomic mass is 10.0. The highest BCUT2D eigenvalue weighted by Crippen LogP contribution is 2.27. The highest BCUT2D eigenvalue weighted by Gasteiger charge is 2.30. The zero-order valence-electron chi connectivity index (χ0n) is 12.3. The number of nitrogens with one attached hydrogen (secondary N) is 2. The van der Waals surface area contributed by atoms with Gasteiger partial charge in [-0.05, 0) is 37.5 Å². The number of halogens is 1. The molecule has 1 saturated carbocycles. The molecule has 2 unspecified atom stereocenters. The molecule has 4 N–H and O–H groups in total. The van der Waals surface area contributed by atoms with Crippen molar-refractivity contribution in [1.29, 1.82) is 0 Å². The number of nitrogens with two attached hydrogens (primary N) is 1. The molecule has 0 saturated heterocycles. The fourth-order valence-corrected chi connectivity index (χ4v) is 2.58. The highest BCUT2D eigenvalue weighted by molar-refractivity contribution is 5.95. The normalized spacial score (nSPS) is 20.5. The molecule has 6 heteroatoms. The number of aryl methyl sites for hydroxylation is 1. The summed E-state index contributed by atoms with van der Waals surface area (Å²) in [7, 11) is 0. The van der Waals surface area contributed by atoms with Gasteiger partial charge in [-0.3, -0.25) is 9.59 Å². The summed E-state index contributed by atoms with van der Waals surface area (Å²) >= 11 is 0. The van der Waals surface area contributed by atoms with Gasteiger partial charge in [-0.2, -0.15) is 0 Å². The average molecular weight is 312 g/mol. The van der Waals surface area contributed by atoms with E-state index in [1.165, 1.54) is 6.92 Å². The van der Waals surface area contributed by atoms with Crippen molar-refractivity contribution in [3.8, 4) is 0 Å². The van der Waals surface area contributed by atoms with Gasteiger partial charge in [-0.15, -0.1) is 12.4 Å². The maximum atomic E-state index is 12.2. The van der Waals surface area contributed by atoms with E-state index in [1.807, 2.05) is 19.1 Å². The van der Waals surface area contributed by atoms with Crippen molar-refractivity contribution in [3.05, 3.63) is 23.8 Å². The third-order valence-corrected chi connectivity index (χ3v) is 3.72. The van der Waals surface area contributed by atoms with Gasteiger partial charge in [0.15, 0.2) is 0 Å². The number of hydrogen-bond donors (Lipinski definition) is 3. The minimum absolute atomic E-state index is 0. The Morgan fingerprint density at radius 2 is 1.95 bits per heavy atom. The number of hydrogen-bond acceptors (Lipinski definition) is 3. The minimum atomic E-state index is -0.135. The molecule has 2 atom stereocenters. The van der Waals surface area contributed by atoms with Gasteiger partial charge in [0.2, 0.25) is 11.8 Å². The monoisotopic (exact) mass is 311 g/mol. The number of amides is 2. The second kappa shape index (κ2) is 7.43. The van der Waals surface area contributed by atoms with Crippen LogP contribution < -0.4 is 16.4 Å². The Kier molecular flexibility index (Phi) is 6.18. The van der Waals surface area contributed by atoms with Gasteiger partial charge >= 0.3 is 0 Å². The molecule has 1 aromatic rings. The summed E-state index contributed by atoms with van der Waals surface area (Å²) in [5.41, 5.74) is 8.30. The van der Waals surface area contributed by atoms with Gasteiger partial charge in [0.25, 0.3) is 0 Å². The quantitative estimate of drug-likeness (QED) is 0.801. The fourth-order valence-electron chi connectivity index (χ4n) is 2.58. The summed E-state index contributed by atoms with van der Waals surface area (Å²) in [6, 6.07) is 5.41. The Labute approximate surface area is 131 Å². The van der Waals surface area contributed by atoms with Gasteiger partial charge in [0.05, 0.1) is 5.92 Å². The molecule has 116 valence electrons. The first kappa shape index (κ1) is 17.5. The molecular formula is C15H22ClN3O2. The minimum Gasteiger partial charge on any atom is -0.327 e. The molecule has 1 aliphatic carbocycles. The first-order valence-electron chi connectivity index (χ1n) is 6.92. The van der Waals surface area contributed by atoms with Gasteiger partial charge in [0, 0.05) is 24.3 Å². The standard InChI is InChI=1S/C15H21N3O2.ClH/c1-9-6-7-11(17-10(2)19)8-14(9)18-15(20)12-4-3-5-13(12)16;/h6-8,12-13H,3-5,16H2,1-2H3,(H,17,19)(H,18,20);1H. The van der Waals surface area contributed by atoms with Crippen molar-refractivity contribution in [2.45, 2.75) is 39.2 Å². The third kappa shape index (κ3) is 4.44. The van der Waals surface area contributed by atoms with Crippen LogP contribution in [0.2, 0.25) is 0 Å². The van der Waals surface area contributed by atoms with Gasteiger partial charge in [-0.1, -0.05) is 12.5 Å². The Morgan fingerprint density at radius 3 is 2.52 bits per heavy atom. The van der Waals surface area contributed by atoms with E-state index in [0.29, 0.717) is 5.69 Å². The molecule has 5 nitrogen and oxygen atoms in total. The Balaban J connectivity index is 0.00000220. The molecule has 2 amide bonds. The largest absolute Gasteiger partial charge is 0.327 e. The molecule has 0 aliphatic heterocycles. The summed E-state index contributed by atoms with van der Waals surface area (Å²) in [6.45, 7) is 3.37. The maximum absolute atomic E-state index is 12.2. The summed E-state index contributed by atoms with van der Waals surface area (Å²) in [6.07, 6.45) is 2.75. The molecule has 1 fully saturated rings. The van der Waals surface area contributed by atoms with Crippen LogP contribution in [0.15, 0.2) is 18.2 Å². The molecule has 0 bridgehead atoms. The maximum Gasteiger partial charge on any atom is 0.229 e. The van der Waals surface area contributed by atoms with Crippen LogP contribution in [0.1, 0.15) is 31.7 Å². The first-order chi connectivity index (χ1) is 9.47. The van der Waals surface area contributed by atoms with E-state index in [9.17, 15) is 9.59 Å². The molecule has 0 heterocycles. The number of carbonyl (C=O) groups is 2. The van der Waals surface area contributed by atoms with Crippen LogP contribution in [-0.2, 0) is 9.59 Å². The van der Waals surface area contributed by atoms with Crippen LogP contribution in [0.25, 0.3) is 0 Å². The molecule has 2 rings (SSSR count). The average Bonchev–Trinajstić information content (AvgIpc) is 2.79. The lowest BCUT2D eigenvalue weighted by molar-refractivity contribution is -0.120.